The van der Waals surface area contributed by atoms with Crippen LogP contribution in [0.4, 0.5) is 4.79 Å². The number of carbonyl (C=O) groups excluding carboxylic acids is 1. The molecule has 0 aromatic carbocycles. The molecule has 136 valence electrons. The van der Waals surface area contributed by atoms with E-state index >= 15 is 0 Å². The van der Waals surface area contributed by atoms with Gasteiger partial charge in [0.15, 0.2) is 0 Å². The molecule has 1 aromatic rings. The molecule has 0 saturated carbocycles. The molecule has 5 heterocycles. The second-order valence-electron chi connectivity index (χ2n) is 7.69. The Morgan fingerprint density at radius 2 is 1.96 bits per heavy atom. The Kier molecular flexibility index (Phi) is 4.90. The van der Waals surface area contributed by atoms with Crippen LogP contribution in [0.2, 0.25) is 0 Å². The third kappa shape index (κ3) is 3.80. The molecule has 0 spiro atoms. The summed E-state index contributed by atoms with van der Waals surface area (Å²) in [4.78, 5) is 23.8. The van der Waals surface area contributed by atoms with Crippen molar-refractivity contribution in [2.24, 2.45) is 5.92 Å². The van der Waals surface area contributed by atoms with E-state index in [1.165, 1.54) is 32.5 Å². The third-order valence-corrected chi connectivity index (χ3v) is 6.10. The van der Waals surface area contributed by atoms with Crippen LogP contribution in [-0.4, -0.2) is 77.6 Å². The first-order valence-electron chi connectivity index (χ1n) is 9.60. The van der Waals surface area contributed by atoms with Gasteiger partial charge in [0, 0.05) is 57.2 Å². The van der Waals surface area contributed by atoms with E-state index in [2.05, 4.69) is 20.1 Å². The topological polar surface area (TPSA) is 51.7 Å². The van der Waals surface area contributed by atoms with Crippen LogP contribution in [0.3, 0.4) is 0 Å². The van der Waals surface area contributed by atoms with E-state index in [9.17, 15) is 4.79 Å². The standard InChI is InChI=1S/C19H29N5O/c1-15-12-16(2-5-20-15)13-21-19(25)24-10-8-23(9-11-24)18-14-22-6-3-17(18)4-7-22/h2,5,12,17-18H,3-4,6-11,13-14H2,1H3,(H,21,25). The summed E-state index contributed by atoms with van der Waals surface area (Å²) in [6.45, 7) is 10.1. The van der Waals surface area contributed by atoms with E-state index in [1.807, 2.05) is 24.0 Å². The summed E-state index contributed by atoms with van der Waals surface area (Å²) in [6.07, 6.45) is 4.51. The largest absolute Gasteiger partial charge is 0.334 e. The molecule has 1 unspecified atom stereocenters. The monoisotopic (exact) mass is 343 g/mol. The second kappa shape index (κ2) is 7.30. The Hall–Kier alpha value is -1.66. The van der Waals surface area contributed by atoms with Crippen molar-refractivity contribution in [3.63, 3.8) is 0 Å². The number of nitrogens with zero attached hydrogens (tertiary/aromatic N) is 4. The smallest absolute Gasteiger partial charge is 0.317 e. The number of urea groups is 1. The predicted molar refractivity (Wildman–Crippen MR) is 97.3 cm³/mol. The lowest BCUT2D eigenvalue weighted by Crippen LogP contribution is -2.62. The third-order valence-electron chi connectivity index (χ3n) is 6.10. The molecule has 2 amide bonds. The number of pyridine rings is 1. The van der Waals surface area contributed by atoms with E-state index in [4.69, 9.17) is 0 Å². The van der Waals surface area contributed by atoms with Gasteiger partial charge in [-0.15, -0.1) is 0 Å². The molecule has 0 aliphatic carbocycles. The number of hydrogen-bond acceptors (Lipinski definition) is 4. The lowest BCUT2D eigenvalue weighted by atomic mass is 9.83. The minimum atomic E-state index is 0.0584. The molecule has 4 fully saturated rings. The summed E-state index contributed by atoms with van der Waals surface area (Å²) in [5.74, 6) is 0.875. The highest BCUT2D eigenvalue weighted by atomic mass is 16.2. The Labute approximate surface area is 150 Å². The van der Waals surface area contributed by atoms with Crippen molar-refractivity contribution < 1.29 is 4.79 Å². The number of aromatic nitrogens is 1. The highest BCUT2D eigenvalue weighted by molar-refractivity contribution is 5.74. The summed E-state index contributed by atoms with van der Waals surface area (Å²) in [6, 6.07) is 4.75. The summed E-state index contributed by atoms with van der Waals surface area (Å²) in [5.41, 5.74) is 2.09. The van der Waals surface area contributed by atoms with Crippen molar-refractivity contribution in [1.82, 2.24) is 25.0 Å². The van der Waals surface area contributed by atoms with Gasteiger partial charge in [-0.2, -0.15) is 0 Å². The minimum absolute atomic E-state index is 0.0584. The van der Waals surface area contributed by atoms with E-state index in [0.717, 1.165) is 43.4 Å². The quantitative estimate of drug-likeness (QED) is 0.899. The zero-order valence-electron chi connectivity index (χ0n) is 15.2. The molecule has 4 aliphatic rings. The normalized spacial score (nSPS) is 29.6. The lowest BCUT2D eigenvalue weighted by molar-refractivity contribution is -0.0103. The number of carbonyl (C=O) groups is 1. The van der Waals surface area contributed by atoms with Crippen LogP contribution in [0, 0.1) is 12.8 Å². The number of piperazine rings is 1. The SMILES string of the molecule is Cc1cc(CNC(=O)N2CCN(C3CN4CCC3CC4)CC2)ccn1. The fourth-order valence-corrected chi connectivity index (χ4v) is 4.61. The van der Waals surface area contributed by atoms with Gasteiger partial charge in [0.25, 0.3) is 0 Å². The molecule has 6 heteroatoms. The molecule has 5 rings (SSSR count). The van der Waals surface area contributed by atoms with Crippen molar-refractivity contribution in [3.05, 3.63) is 29.6 Å². The van der Waals surface area contributed by atoms with Gasteiger partial charge in [0.2, 0.25) is 0 Å². The van der Waals surface area contributed by atoms with Gasteiger partial charge >= 0.3 is 6.03 Å². The molecule has 4 aliphatic heterocycles. The average molecular weight is 343 g/mol. The van der Waals surface area contributed by atoms with Gasteiger partial charge in [-0.05, 0) is 56.5 Å². The van der Waals surface area contributed by atoms with Crippen LogP contribution in [0.5, 0.6) is 0 Å². The highest BCUT2D eigenvalue weighted by Crippen LogP contribution is 2.31. The van der Waals surface area contributed by atoms with Crippen LogP contribution in [0.15, 0.2) is 18.3 Å². The zero-order valence-corrected chi connectivity index (χ0v) is 15.2. The van der Waals surface area contributed by atoms with Crippen molar-refractivity contribution in [2.45, 2.75) is 32.4 Å². The summed E-state index contributed by atoms with van der Waals surface area (Å²) in [7, 11) is 0. The minimum Gasteiger partial charge on any atom is -0.334 e. The van der Waals surface area contributed by atoms with Gasteiger partial charge < -0.3 is 15.1 Å². The predicted octanol–water partition coefficient (Wildman–Crippen LogP) is 1.31. The molecule has 6 nitrogen and oxygen atoms in total. The van der Waals surface area contributed by atoms with E-state index in [0.29, 0.717) is 12.6 Å². The Balaban J connectivity index is 1.25. The fourth-order valence-electron chi connectivity index (χ4n) is 4.61. The second-order valence-corrected chi connectivity index (χ2v) is 7.69. The number of rotatable bonds is 3. The number of amides is 2. The Bertz CT molecular complexity index is 606. The van der Waals surface area contributed by atoms with Crippen LogP contribution in [-0.2, 0) is 6.54 Å². The van der Waals surface area contributed by atoms with Crippen molar-refractivity contribution in [2.75, 3.05) is 45.8 Å². The summed E-state index contributed by atoms with van der Waals surface area (Å²) < 4.78 is 0. The number of nitrogens with one attached hydrogen (secondary N) is 1. The molecule has 1 aromatic heterocycles. The molecule has 1 atom stereocenters. The zero-order chi connectivity index (χ0) is 17.2. The van der Waals surface area contributed by atoms with Gasteiger partial charge in [0.1, 0.15) is 0 Å². The molecule has 4 saturated heterocycles. The Morgan fingerprint density at radius 3 is 2.60 bits per heavy atom. The van der Waals surface area contributed by atoms with E-state index < -0.39 is 0 Å². The van der Waals surface area contributed by atoms with Crippen molar-refractivity contribution in [1.29, 1.82) is 0 Å². The average Bonchev–Trinajstić information content (AvgIpc) is 2.67. The van der Waals surface area contributed by atoms with Gasteiger partial charge in [0.05, 0.1) is 0 Å². The maximum Gasteiger partial charge on any atom is 0.317 e. The highest BCUT2D eigenvalue weighted by Gasteiger charge is 2.38. The van der Waals surface area contributed by atoms with Gasteiger partial charge in [-0.1, -0.05) is 0 Å². The lowest BCUT2D eigenvalue weighted by Gasteiger charge is -2.50. The maximum absolute atomic E-state index is 12.4. The first-order chi connectivity index (χ1) is 12.2. The number of piperidine rings is 3. The van der Waals surface area contributed by atoms with Crippen LogP contribution < -0.4 is 5.32 Å². The molecular formula is C19H29N5O. The molecule has 2 bridgehead atoms. The molecular weight excluding hydrogens is 314 g/mol. The van der Waals surface area contributed by atoms with E-state index in [-0.39, 0.29) is 6.03 Å². The first kappa shape index (κ1) is 16.8. The molecule has 0 radical (unpaired) electrons. The van der Waals surface area contributed by atoms with Gasteiger partial charge in [-0.25, -0.2) is 4.79 Å². The molecule has 1 N–H and O–H groups in total. The van der Waals surface area contributed by atoms with E-state index in [1.54, 1.807) is 6.20 Å². The van der Waals surface area contributed by atoms with Crippen LogP contribution in [0.25, 0.3) is 0 Å². The maximum atomic E-state index is 12.4. The summed E-state index contributed by atoms with van der Waals surface area (Å²) >= 11 is 0. The number of hydrogen-bond donors (Lipinski definition) is 1. The summed E-state index contributed by atoms with van der Waals surface area (Å²) in [5, 5.41) is 3.05. The number of fused-ring (bicyclic) bond motifs is 3. The van der Waals surface area contributed by atoms with Gasteiger partial charge in [-0.3, -0.25) is 9.88 Å². The first-order valence-corrected chi connectivity index (χ1v) is 9.60. The van der Waals surface area contributed by atoms with Crippen LogP contribution >= 0.6 is 0 Å². The Morgan fingerprint density at radius 1 is 1.20 bits per heavy atom. The van der Waals surface area contributed by atoms with Crippen molar-refractivity contribution in [3.8, 4) is 0 Å². The number of aryl methyl sites for hydroxylation is 1. The van der Waals surface area contributed by atoms with Crippen molar-refractivity contribution >= 4 is 6.03 Å². The van der Waals surface area contributed by atoms with Crippen LogP contribution in [0.1, 0.15) is 24.1 Å². The molecule has 25 heavy (non-hydrogen) atoms. The fraction of sp³-hybridized carbons (Fsp3) is 0.684.